The fourth-order valence-corrected chi connectivity index (χ4v) is 0.731. The monoisotopic (exact) mass is 201 g/mol. The maximum Gasteiger partial charge on any atom is 0.0122 e. The summed E-state index contributed by atoms with van der Waals surface area (Å²) in [7, 11) is 2.19. The van der Waals surface area contributed by atoms with Crippen LogP contribution in [0, 0.1) is 5.92 Å². The zero-order valence-electron chi connectivity index (χ0n) is 11.6. The molecule has 0 amide bonds. The molecule has 14 heavy (non-hydrogen) atoms. The molecule has 0 aliphatic rings. The first kappa shape index (κ1) is 16.4. The van der Waals surface area contributed by atoms with Crippen LogP contribution >= 0.6 is 0 Å². The Balaban J connectivity index is 0. The smallest absolute Gasteiger partial charge is 0.0122 e. The molecule has 0 aliphatic heterocycles. The average molecular weight is 201 g/mol. The fraction of sp³-hybridized carbons (Fsp3) is 1.00. The van der Waals surface area contributed by atoms with Crippen molar-refractivity contribution in [2.45, 2.75) is 66.8 Å². The van der Waals surface area contributed by atoms with Gasteiger partial charge in [-0.3, -0.25) is 0 Å². The SMILES string of the molecule is CC(C)C.CCCCN(C)C(C)(C)C. The summed E-state index contributed by atoms with van der Waals surface area (Å²) in [6.45, 7) is 16.7. The van der Waals surface area contributed by atoms with Gasteiger partial charge in [-0.1, -0.05) is 34.1 Å². The van der Waals surface area contributed by atoms with E-state index in [1.807, 2.05) is 0 Å². The molecule has 0 aromatic carbocycles. The van der Waals surface area contributed by atoms with Gasteiger partial charge in [0.15, 0.2) is 0 Å². The zero-order chi connectivity index (χ0) is 11.8. The van der Waals surface area contributed by atoms with E-state index in [0.717, 1.165) is 5.92 Å². The van der Waals surface area contributed by atoms with Crippen molar-refractivity contribution in [1.29, 1.82) is 0 Å². The second kappa shape index (κ2) is 8.28. The molecule has 0 unspecified atom stereocenters. The van der Waals surface area contributed by atoms with Crippen LogP contribution in [0.2, 0.25) is 0 Å². The van der Waals surface area contributed by atoms with Gasteiger partial charge >= 0.3 is 0 Å². The normalized spacial score (nSPS) is 11.6. The van der Waals surface area contributed by atoms with Gasteiger partial charge in [-0.05, 0) is 46.7 Å². The summed E-state index contributed by atoms with van der Waals surface area (Å²) in [4.78, 5) is 2.40. The van der Waals surface area contributed by atoms with Gasteiger partial charge in [-0.2, -0.15) is 0 Å². The molecule has 0 N–H and O–H groups in total. The van der Waals surface area contributed by atoms with Gasteiger partial charge in [-0.25, -0.2) is 0 Å². The molecule has 0 rings (SSSR count). The van der Waals surface area contributed by atoms with E-state index in [0.29, 0.717) is 5.54 Å². The van der Waals surface area contributed by atoms with Gasteiger partial charge in [0.1, 0.15) is 0 Å². The maximum absolute atomic E-state index is 2.40. The Morgan fingerprint density at radius 1 is 1.07 bits per heavy atom. The van der Waals surface area contributed by atoms with Gasteiger partial charge in [0, 0.05) is 5.54 Å². The first-order valence-corrected chi connectivity index (χ1v) is 5.93. The maximum atomic E-state index is 2.40. The second-order valence-corrected chi connectivity index (χ2v) is 5.68. The molecular weight excluding hydrogens is 170 g/mol. The van der Waals surface area contributed by atoms with Crippen LogP contribution in [-0.2, 0) is 0 Å². The van der Waals surface area contributed by atoms with E-state index in [9.17, 15) is 0 Å². The van der Waals surface area contributed by atoms with Gasteiger partial charge in [0.05, 0.1) is 0 Å². The van der Waals surface area contributed by atoms with Crippen LogP contribution in [0.3, 0.4) is 0 Å². The van der Waals surface area contributed by atoms with Gasteiger partial charge < -0.3 is 4.90 Å². The van der Waals surface area contributed by atoms with E-state index in [-0.39, 0.29) is 0 Å². The first-order chi connectivity index (χ1) is 6.21. The Hall–Kier alpha value is -0.0400. The van der Waals surface area contributed by atoms with E-state index in [4.69, 9.17) is 0 Å². The number of hydrogen-bond acceptors (Lipinski definition) is 1. The minimum atomic E-state index is 0.342. The van der Waals surface area contributed by atoms with E-state index < -0.39 is 0 Å². The van der Waals surface area contributed by atoms with Crippen molar-refractivity contribution >= 4 is 0 Å². The minimum Gasteiger partial charge on any atom is -0.302 e. The number of nitrogens with zero attached hydrogens (tertiary/aromatic N) is 1. The Morgan fingerprint density at radius 3 is 1.64 bits per heavy atom. The Morgan fingerprint density at radius 2 is 1.43 bits per heavy atom. The Bertz CT molecular complexity index is 108. The summed E-state index contributed by atoms with van der Waals surface area (Å²) in [5, 5.41) is 0. The van der Waals surface area contributed by atoms with Gasteiger partial charge in [0.25, 0.3) is 0 Å². The Labute approximate surface area is 91.9 Å². The molecule has 0 bridgehead atoms. The molecule has 0 saturated carbocycles. The lowest BCUT2D eigenvalue weighted by Gasteiger charge is -2.31. The van der Waals surface area contributed by atoms with Crippen molar-refractivity contribution < 1.29 is 0 Å². The molecule has 0 aromatic rings. The van der Waals surface area contributed by atoms with Crippen molar-refractivity contribution in [3.63, 3.8) is 0 Å². The van der Waals surface area contributed by atoms with Gasteiger partial charge in [0.2, 0.25) is 0 Å². The topological polar surface area (TPSA) is 3.24 Å². The van der Waals surface area contributed by atoms with Crippen LogP contribution in [0.5, 0.6) is 0 Å². The molecule has 0 aromatic heterocycles. The van der Waals surface area contributed by atoms with Crippen molar-refractivity contribution in [2.24, 2.45) is 5.92 Å². The van der Waals surface area contributed by atoms with Crippen molar-refractivity contribution in [3.05, 3.63) is 0 Å². The molecule has 0 radical (unpaired) electrons. The molecule has 1 heteroatoms. The average Bonchev–Trinajstić information content (AvgIpc) is 1.97. The minimum absolute atomic E-state index is 0.342. The zero-order valence-corrected chi connectivity index (χ0v) is 11.6. The molecule has 0 heterocycles. The van der Waals surface area contributed by atoms with Crippen molar-refractivity contribution in [3.8, 4) is 0 Å². The quantitative estimate of drug-likeness (QED) is 0.662. The van der Waals surface area contributed by atoms with Crippen LogP contribution < -0.4 is 0 Å². The highest BCUT2D eigenvalue weighted by Gasteiger charge is 2.15. The Kier molecular flexibility index (Phi) is 9.70. The number of unbranched alkanes of at least 4 members (excludes halogenated alkanes) is 1. The molecule has 0 fully saturated rings. The second-order valence-electron chi connectivity index (χ2n) is 5.68. The standard InChI is InChI=1S/C9H21N.C4H10/c1-6-7-8-10(5)9(2,3)4;1-4(2)3/h6-8H2,1-5H3;4H,1-3H3. The summed E-state index contributed by atoms with van der Waals surface area (Å²) in [6, 6.07) is 0. The summed E-state index contributed by atoms with van der Waals surface area (Å²) in [5.74, 6) is 0.833. The predicted molar refractivity (Wildman–Crippen MR) is 67.8 cm³/mol. The highest BCUT2D eigenvalue weighted by Crippen LogP contribution is 2.10. The summed E-state index contributed by atoms with van der Waals surface area (Å²) in [5.41, 5.74) is 0.342. The lowest BCUT2D eigenvalue weighted by molar-refractivity contribution is 0.173. The van der Waals surface area contributed by atoms with Crippen LogP contribution in [0.25, 0.3) is 0 Å². The van der Waals surface area contributed by atoms with Crippen molar-refractivity contribution in [1.82, 2.24) is 4.90 Å². The van der Waals surface area contributed by atoms with Crippen LogP contribution in [0.1, 0.15) is 61.3 Å². The summed E-state index contributed by atoms with van der Waals surface area (Å²) < 4.78 is 0. The predicted octanol–water partition coefficient (Wildman–Crippen LogP) is 4.18. The molecule has 0 aliphatic carbocycles. The van der Waals surface area contributed by atoms with Crippen LogP contribution in [-0.4, -0.2) is 24.0 Å². The van der Waals surface area contributed by atoms with E-state index in [1.165, 1.54) is 19.4 Å². The van der Waals surface area contributed by atoms with Crippen molar-refractivity contribution in [2.75, 3.05) is 13.6 Å². The third-order valence-electron chi connectivity index (χ3n) is 1.99. The van der Waals surface area contributed by atoms with Crippen LogP contribution in [0.4, 0.5) is 0 Å². The molecule has 88 valence electrons. The third kappa shape index (κ3) is 14.5. The molecule has 0 saturated heterocycles. The summed E-state index contributed by atoms with van der Waals surface area (Å²) in [6.07, 6.45) is 2.61. The third-order valence-corrected chi connectivity index (χ3v) is 1.99. The van der Waals surface area contributed by atoms with Crippen LogP contribution in [0.15, 0.2) is 0 Å². The highest BCUT2D eigenvalue weighted by atomic mass is 15.1. The number of hydrogen-bond donors (Lipinski definition) is 0. The fourth-order valence-electron chi connectivity index (χ4n) is 0.731. The lowest BCUT2D eigenvalue weighted by Crippen LogP contribution is -2.38. The molecular formula is C13H31N. The largest absolute Gasteiger partial charge is 0.302 e. The molecule has 0 spiro atoms. The molecule has 1 nitrogen and oxygen atoms in total. The summed E-state index contributed by atoms with van der Waals surface area (Å²) >= 11 is 0. The lowest BCUT2D eigenvalue weighted by atomic mass is 10.1. The van der Waals surface area contributed by atoms with E-state index in [2.05, 4.69) is 60.4 Å². The first-order valence-electron chi connectivity index (χ1n) is 5.93. The molecule has 0 atom stereocenters. The van der Waals surface area contributed by atoms with E-state index >= 15 is 0 Å². The van der Waals surface area contributed by atoms with E-state index in [1.54, 1.807) is 0 Å². The highest BCUT2D eigenvalue weighted by molar-refractivity contribution is 4.71. The number of rotatable bonds is 3. The van der Waals surface area contributed by atoms with Gasteiger partial charge in [-0.15, -0.1) is 0 Å².